The Kier molecular flexibility index (Phi) is 3.48. The van der Waals surface area contributed by atoms with Gasteiger partial charge in [0.2, 0.25) is 0 Å². The predicted molar refractivity (Wildman–Crippen MR) is 54.6 cm³/mol. The molecule has 0 aliphatic carbocycles. The number of hydrogen-bond donors (Lipinski definition) is 2. The van der Waals surface area contributed by atoms with Gasteiger partial charge in [0, 0.05) is 12.7 Å². The summed E-state index contributed by atoms with van der Waals surface area (Å²) in [5, 5.41) is 2.55. The van der Waals surface area contributed by atoms with E-state index < -0.39 is 5.56 Å². The molecule has 1 aromatic heterocycles. The maximum Gasteiger partial charge on any atom is 0.266 e. The van der Waals surface area contributed by atoms with E-state index in [1.807, 2.05) is 0 Å². The molecule has 0 saturated heterocycles. The van der Waals surface area contributed by atoms with Crippen molar-refractivity contribution in [1.82, 2.24) is 10.3 Å². The molecule has 1 amide bonds. The number of rotatable bonds is 3. The van der Waals surface area contributed by atoms with Crippen molar-refractivity contribution in [1.29, 1.82) is 0 Å². The number of pyridine rings is 1. The van der Waals surface area contributed by atoms with Gasteiger partial charge in [0.1, 0.15) is 5.02 Å². The van der Waals surface area contributed by atoms with Gasteiger partial charge >= 0.3 is 0 Å². The van der Waals surface area contributed by atoms with Gasteiger partial charge in [-0.3, -0.25) is 9.59 Å². The van der Waals surface area contributed by atoms with Crippen LogP contribution in [0.5, 0.6) is 0 Å². The van der Waals surface area contributed by atoms with E-state index in [9.17, 15) is 9.59 Å². The molecule has 4 nitrogen and oxygen atoms in total. The number of amides is 1. The van der Waals surface area contributed by atoms with E-state index in [1.54, 1.807) is 6.08 Å². The fraction of sp³-hybridized carbons (Fsp3) is 0.111. The molecule has 0 aromatic carbocycles. The van der Waals surface area contributed by atoms with E-state index in [0.717, 1.165) is 0 Å². The minimum absolute atomic E-state index is 0.00347. The fourth-order valence-corrected chi connectivity index (χ4v) is 1.03. The summed E-state index contributed by atoms with van der Waals surface area (Å²) in [5.41, 5.74) is -0.0941. The summed E-state index contributed by atoms with van der Waals surface area (Å²) < 4.78 is 0. The summed E-state index contributed by atoms with van der Waals surface area (Å²) in [6, 6.07) is 1.32. The molecule has 0 spiro atoms. The van der Waals surface area contributed by atoms with Crippen LogP contribution in [0.2, 0.25) is 5.02 Å². The maximum absolute atomic E-state index is 11.3. The first-order chi connectivity index (χ1) is 6.65. The second kappa shape index (κ2) is 4.62. The zero-order valence-corrected chi connectivity index (χ0v) is 8.10. The van der Waals surface area contributed by atoms with Crippen LogP contribution in [0.15, 0.2) is 29.7 Å². The first-order valence-electron chi connectivity index (χ1n) is 3.92. The monoisotopic (exact) mass is 212 g/mol. The van der Waals surface area contributed by atoms with Crippen LogP contribution in [-0.4, -0.2) is 17.4 Å². The summed E-state index contributed by atoms with van der Waals surface area (Å²) in [6.45, 7) is 3.83. The van der Waals surface area contributed by atoms with Crippen LogP contribution >= 0.6 is 11.6 Å². The van der Waals surface area contributed by atoms with Crippen LogP contribution in [0.3, 0.4) is 0 Å². The Bertz CT molecular complexity index is 412. The molecule has 1 aromatic rings. The Balaban J connectivity index is 2.86. The Morgan fingerprint density at radius 2 is 2.43 bits per heavy atom. The van der Waals surface area contributed by atoms with Gasteiger partial charge in [0.15, 0.2) is 0 Å². The highest BCUT2D eigenvalue weighted by Gasteiger charge is 2.06. The third-order valence-corrected chi connectivity index (χ3v) is 1.81. The molecule has 74 valence electrons. The Morgan fingerprint density at radius 1 is 1.71 bits per heavy atom. The first kappa shape index (κ1) is 10.5. The van der Waals surface area contributed by atoms with Gasteiger partial charge in [0.25, 0.3) is 11.5 Å². The number of carbonyl (C=O) groups is 1. The van der Waals surface area contributed by atoms with E-state index in [0.29, 0.717) is 12.1 Å². The van der Waals surface area contributed by atoms with Crippen molar-refractivity contribution in [3.63, 3.8) is 0 Å². The van der Waals surface area contributed by atoms with E-state index in [4.69, 9.17) is 11.6 Å². The van der Waals surface area contributed by atoms with Gasteiger partial charge in [-0.1, -0.05) is 17.7 Å². The molecule has 1 rings (SSSR count). The second-order valence-corrected chi connectivity index (χ2v) is 2.97. The molecule has 2 N–H and O–H groups in total. The quantitative estimate of drug-likeness (QED) is 0.733. The topological polar surface area (TPSA) is 62.0 Å². The predicted octanol–water partition coefficient (Wildman–Crippen LogP) is 0.944. The minimum atomic E-state index is -0.410. The zero-order chi connectivity index (χ0) is 10.6. The van der Waals surface area contributed by atoms with E-state index in [1.165, 1.54) is 12.3 Å². The van der Waals surface area contributed by atoms with E-state index >= 15 is 0 Å². The van der Waals surface area contributed by atoms with Crippen LogP contribution in [0, 0.1) is 0 Å². The molecule has 0 atom stereocenters. The summed E-state index contributed by atoms with van der Waals surface area (Å²) in [5.74, 6) is -0.303. The van der Waals surface area contributed by atoms with Crippen molar-refractivity contribution in [2.45, 2.75) is 0 Å². The van der Waals surface area contributed by atoms with Crippen molar-refractivity contribution in [2.75, 3.05) is 6.54 Å². The molecule has 14 heavy (non-hydrogen) atoms. The smallest absolute Gasteiger partial charge is 0.266 e. The van der Waals surface area contributed by atoms with Gasteiger partial charge < -0.3 is 10.3 Å². The van der Waals surface area contributed by atoms with Crippen LogP contribution < -0.4 is 10.9 Å². The van der Waals surface area contributed by atoms with Crippen LogP contribution in [0.25, 0.3) is 0 Å². The fourth-order valence-electron chi connectivity index (χ4n) is 0.854. The summed E-state index contributed by atoms with van der Waals surface area (Å²) in [4.78, 5) is 24.6. The Labute approximate surface area is 85.6 Å². The molecule has 0 unspecified atom stereocenters. The van der Waals surface area contributed by atoms with Crippen molar-refractivity contribution in [2.24, 2.45) is 0 Å². The van der Waals surface area contributed by atoms with Crippen LogP contribution in [0.4, 0.5) is 0 Å². The van der Waals surface area contributed by atoms with Gasteiger partial charge in [-0.25, -0.2) is 0 Å². The number of carbonyl (C=O) groups excluding carboxylic acids is 1. The number of aromatic amines is 1. The molecule has 0 bridgehead atoms. The number of nitrogens with one attached hydrogen (secondary N) is 2. The summed E-state index contributed by atoms with van der Waals surface area (Å²) >= 11 is 5.55. The van der Waals surface area contributed by atoms with Crippen LogP contribution in [-0.2, 0) is 0 Å². The number of H-pyrrole nitrogens is 1. The Hall–Kier alpha value is -1.55. The SMILES string of the molecule is C=CCNC(=O)c1c[nH]c(=O)c(Cl)c1. The lowest BCUT2D eigenvalue weighted by molar-refractivity contribution is 0.0957. The lowest BCUT2D eigenvalue weighted by Crippen LogP contribution is -2.24. The largest absolute Gasteiger partial charge is 0.349 e. The van der Waals surface area contributed by atoms with E-state index in [2.05, 4.69) is 16.9 Å². The standard InChI is InChI=1S/C9H9ClN2O2/c1-2-3-11-8(13)6-4-7(10)9(14)12-5-6/h2,4-5H,1,3H2,(H,11,13)(H,12,14). The highest BCUT2D eigenvalue weighted by atomic mass is 35.5. The summed E-state index contributed by atoms with van der Waals surface area (Å²) in [6.07, 6.45) is 2.87. The molecule has 0 fully saturated rings. The van der Waals surface area contributed by atoms with Crippen molar-refractivity contribution in [3.8, 4) is 0 Å². The molecule has 5 heteroatoms. The lowest BCUT2D eigenvalue weighted by atomic mass is 10.2. The van der Waals surface area contributed by atoms with Gasteiger partial charge in [-0.2, -0.15) is 0 Å². The number of aromatic nitrogens is 1. The second-order valence-electron chi connectivity index (χ2n) is 2.56. The third-order valence-electron chi connectivity index (χ3n) is 1.53. The third kappa shape index (κ3) is 2.47. The number of halogens is 1. The zero-order valence-electron chi connectivity index (χ0n) is 7.34. The molecule has 0 aliphatic rings. The normalized spacial score (nSPS) is 9.50. The molecular weight excluding hydrogens is 204 g/mol. The first-order valence-corrected chi connectivity index (χ1v) is 4.30. The average Bonchev–Trinajstić information content (AvgIpc) is 2.18. The highest BCUT2D eigenvalue weighted by Crippen LogP contribution is 2.03. The van der Waals surface area contributed by atoms with Gasteiger partial charge in [0.05, 0.1) is 5.56 Å². The van der Waals surface area contributed by atoms with Crippen molar-refractivity contribution in [3.05, 3.63) is 45.9 Å². The molecule has 0 aliphatic heterocycles. The maximum atomic E-state index is 11.3. The minimum Gasteiger partial charge on any atom is -0.349 e. The van der Waals surface area contributed by atoms with Gasteiger partial charge in [-0.15, -0.1) is 6.58 Å². The molecule has 0 radical (unpaired) electrons. The van der Waals surface area contributed by atoms with Gasteiger partial charge in [-0.05, 0) is 6.07 Å². The average molecular weight is 213 g/mol. The number of hydrogen-bond acceptors (Lipinski definition) is 2. The Morgan fingerprint density at radius 3 is 3.00 bits per heavy atom. The molecular formula is C9H9ClN2O2. The lowest BCUT2D eigenvalue weighted by Gasteiger charge is -2.01. The van der Waals surface area contributed by atoms with E-state index in [-0.39, 0.29) is 10.9 Å². The molecule has 0 saturated carbocycles. The summed E-state index contributed by atoms with van der Waals surface area (Å²) in [7, 11) is 0. The highest BCUT2D eigenvalue weighted by molar-refractivity contribution is 6.30. The van der Waals surface area contributed by atoms with Crippen LogP contribution in [0.1, 0.15) is 10.4 Å². The van der Waals surface area contributed by atoms with Crippen molar-refractivity contribution >= 4 is 17.5 Å². The van der Waals surface area contributed by atoms with Crippen molar-refractivity contribution < 1.29 is 4.79 Å². The molecule has 1 heterocycles.